The van der Waals surface area contributed by atoms with Gasteiger partial charge in [0.15, 0.2) is 0 Å². The lowest BCUT2D eigenvalue weighted by atomic mass is 9.90. The van der Waals surface area contributed by atoms with Gasteiger partial charge in [-0.1, -0.05) is 91.5 Å². The van der Waals surface area contributed by atoms with Crippen molar-refractivity contribution in [2.45, 2.75) is 76.0 Å². The van der Waals surface area contributed by atoms with E-state index in [4.69, 9.17) is 5.73 Å². The fraction of sp³-hybridized carbons (Fsp3) is 0.417. The third-order valence-corrected chi connectivity index (χ3v) is 8.47. The van der Waals surface area contributed by atoms with Crippen molar-refractivity contribution in [2.24, 2.45) is 17.4 Å². The molecule has 0 radical (unpaired) electrons. The van der Waals surface area contributed by atoms with E-state index in [0.29, 0.717) is 25.8 Å². The van der Waals surface area contributed by atoms with Crippen molar-refractivity contribution in [3.8, 4) is 0 Å². The molecule has 2 aliphatic rings. The standard InChI is InChI=1S/C35H44N4O3.CH5N/c1-3-5-14-26(4-2)32(27-15-10-7-11-16-27)38-34(41)30-21-20-29-19-18-28(23-24-36)33(35(42)39(29)30)37-31(40)22-17-25-12-8-6-9-13-25;1-2/h3-16,28-30,32-33H,2,17-24,36H2,1H3,(H,37,40)(H,38,41);2H2,1H3/b5-3-,26-14+;. The Kier molecular flexibility index (Phi) is 14.1. The Balaban J connectivity index is 0.00000259. The summed E-state index contributed by atoms with van der Waals surface area (Å²) in [5.74, 6) is -0.594. The fourth-order valence-electron chi connectivity index (χ4n) is 6.28. The highest BCUT2D eigenvalue weighted by molar-refractivity contribution is 5.93. The van der Waals surface area contributed by atoms with Crippen LogP contribution < -0.4 is 22.1 Å². The number of aryl methyl sites for hydroxylation is 1. The number of hydrogen-bond donors (Lipinski definition) is 4. The number of hydrogen-bond acceptors (Lipinski definition) is 5. The molecule has 2 fully saturated rings. The predicted molar refractivity (Wildman–Crippen MR) is 177 cm³/mol. The minimum atomic E-state index is -0.696. The molecule has 4 rings (SSSR count). The van der Waals surface area contributed by atoms with Gasteiger partial charge in [0.2, 0.25) is 17.7 Å². The van der Waals surface area contributed by atoms with Gasteiger partial charge in [0.05, 0.1) is 6.04 Å². The van der Waals surface area contributed by atoms with E-state index in [2.05, 4.69) is 22.9 Å². The van der Waals surface area contributed by atoms with E-state index >= 15 is 0 Å². The molecule has 2 aliphatic heterocycles. The van der Waals surface area contributed by atoms with E-state index in [1.165, 1.54) is 7.05 Å². The number of nitrogens with zero attached hydrogens (tertiary/aromatic N) is 1. The normalized spacial score (nSPS) is 22.3. The van der Waals surface area contributed by atoms with Crippen LogP contribution in [0.3, 0.4) is 0 Å². The monoisotopic (exact) mass is 599 g/mol. The maximum atomic E-state index is 14.2. The molecule has 0 spiro atoms. The molecule has 0 saturated carbocycles. The van der Waals surface area contributed by atoms with Crippen LogP contribution in [0.4, 0.5) is 0 Å². The number of amides is 3. The quantitative estimate of drug-likeness (QED) is 0.270. The van der Waals surface area contributed by atoms with Crippen molar-refractivity contribution in [3.63, 3.8) is 0 Å². The SMILES string of the molecule is C=C/C(=C\C=C/C)C(NC(=O)C1CCC2CCC(CCN)C(NC(=O)CCc3ccccc3)C(=O)N21)c1ccccc1.CN. The zero-order valence-electron chi connectivity index (χ0n) is 26.2. The van der Waals surface area contributed by atoms with Crippen LogP contribution in [0.25, 0.3) is 0 Å². The van der Waals surface area contributed by atoms with E-state index in [-0.39, 0.29) is 36.1 Å². The molecule has 2 aromatic rings. The highest BCUT2D eigenvalue weighted by Gasteiger charge is 2.47. The topological polar surface area (TPSA) is 131 Å². The van der Waals surface area contributed by atoms with Gasteiger partial charge in [-0.25, -0.2) is 0 Å². The van der Waals surface area contributed by atoms with Crippen LogP contribution >= 0.6 is 0 Å². The molecule has 44 heavy (non-hydrogen) atoms. The second kappa shape index (κ2) is 18.0. The van der Waals surface area contributed by atoms with E-state index in [1.54, 1.807) is 11.0 Å². The Morgan fingerprint density at radius 2 is 1.68 bits per heavy atom. The number of nitrogens with one attached hydrogen (secondary N) is 2. The van der Waals surface area contributed by atoms with Crippen LogP contribution in [0.1, 0.15) is 62.6 Å². The first kappa shape index (κ1) is 34.5. The molecule has 0 bridgehead atoms. The minimum absolute atomic E-state index is 0.0348. The summed E-state index contributed by atoms with van der Waals surface area (Å²) in [5.41, 5.74) is 13.3. The van der Waals surface area contributed by atoms with Gasteiger partial charge in [-0.3, -0.25) is 14.4 Å². The van der Waals surface area contributed by atoms with Gasteiger partial charge in [0.25, 0.3) is 0 Å². The molecule has 8 heteroatoms. The zero-order valence-corrected chi connectivity index (χ0v) is 26.2. The van der Waals surface area contributed by atoms with E-state index in [0.717, 1.165) is 36.0 Å². The maximum Gasteiger partial charge on any atom is 0.246 e. The number of allylic oxidation sites excluding steroid dienone is 3. The summed E-state index contributed by atoms with van der Waals surface area (Å²) >= 11 is 0. The summed E-state index contributed by atoms with van der Waals surface area (Å²) in [6, 6.07) is 17.9. The first-order chi connectivity index (χ1) is 21.5. The number of fused-ring (bicyclic) bond motifs is 1. The van der Waals surface area contributed by atoms with Crippen LogP contribution in [-0.2, 0) is 20.8 Å². The number of rotatable bonds is 12. The highest BCUT2D eigenvalue weighted by Crippen LogP contribution is 2.35. The number of benzene rings is 2. The van der Waals surface area contributed by atoms with Crippen LogP contribution in [0.5, 0.6) is 0 Å². The zero-order chi connectivity index (χ0) is 31.9. The lowest BCUT2D eigenvalue weighted by molar-refractivity contribution is -0.143. The largest absolute Gasteiger partial charge is 0.344 e. The average Bonchev–Trinajstić information content (AvgIpc) is 3.45. The third-order valence-electron chi connectivity index (χ3n) is 8.47. The van der Waals surface area contributed by atoms with Gasteiger partial charge < -0.3 is 27.0 Å². The summed E-state index contributed by atoms with van der Waals surface area (Å²) in [7, 11) is 1.50. The molecule has 6 N–H and O–H groups in total. The summed E-state index contributed by atoms with van der Waals surface area (Å²) in [6.07, 6.45) is 12.0. The first-order valence-electron chi connectivity index (χ1n) is 15.7. The van der Waals surface area contributed by atoms with Crippen molar-refractivity contribution >= 4 is 17.7 Å². The number of carbonyl (C=O) groups is 3. The highest BCUT2D eigenvalue weighted by atomic mass is 16.2. The molecule has 3 amide bonds. The number of nitrogens with two attached hydrogens (primary N) is 2. The smallest absolute Gasteiger partial charge is 0.246 e. The Labute approximate surface area is 262 Å². The van der Waals surface area contributed by atoms with Crippen molar-refractivity contribution in [2.75, 3.05) is 13.6 Å². The van der Waals surface area contributed by atoms with Crippen LogP contribution in [-0.4, -0.2) is 54.3 Å². The minimum Gasteiger partial charge on any atom is -0.344 e. The third kappa shape index (κ3) is 9.00. The molecule has 5 atom stereocenters. The van der Waals surface area contributed by atoms with E-state index < -0.39 is 18.1 Å². The Morgan fingerprint density at radius 1 is 1.02 bits per heavy atom. The molecular formula is C36H49N5O3. The molecule has 2 aromatic carbocycles. The second-order valence-electron chi connectivity index (χ2n) is 11.2. The Morgan fingerprint density at radius 3 is 2.32 bits per heavy atom. The van der Waals surface area contributed by atoms with Crippen LogP contribution in [0.15, 0.2) is 97.1 Å². The van der Waals surface area contributed by atoms with Crippen molar-refractivity contribution in [1.29, 1.82) is 0 Å². The molecule has 2 saturated heterocycles. The Hall–Kier alpha value is -4.01. The van der Waals surface area contributed by atoms with Crippen molar-refractivity contribution in [3.05, 3.63) is 108 Å². The van der Waals surface area contributed by atoms with Gasteiger partial charge >= 0.3 is 0 Å². The van der Waals surface area contributed by atoms with Crippen LogP contribution in [0.2, 0.25) is 0 Å². The molecule has 0 aliphatic carbocycles. The molecule has 5 unspecified atom stereocenters. The Bertz CT molecular complexity index is 1280. The first-order valence-corrected chi connectivity index (χ1v) is 15.7. The lowest BCUT2D eigenvalue weighted by Gasteiger charge is -2.33. The predicted octanol–water partition coefficient (Wildman–Crippen LogP) is 4.34. The summed E-state index contributed by atoms with van der Waals surface area (Å²) in [5, 5.41) is 6.28. The number of carbonyl (C=O) groups excluding carboxylic acids is 3. The summed E-state index contributed by atoms with van der Waals surface area (Å²) < 4.78 is 0. The summed E-state index contributed by atoms with van der Waals surface area (Å²) in [4.78, 5) is 43.0. The van der Waals surface area contributed by atoms with Crippen molar-refractivity contribution in [1.82, 2.24) is 15.5 Å². The van der Waals surface area contributed by atoms with E-state index in [9.17, 15) is 14.4 Å². The molecule has 8 nitrogen and oxygen atoms in total. The summed E-state index contributed by atoms with van der Waals surface area (Å²) in [6.45, 7) is 6.36. The molecule has 0 aromatic heterocycles. The second-order valence-corrected chi connectivity index (χ2v) is 11.2. The maximum absolute atomic E-state index is 14.2. The van der Waals surface area contributed by atoms with Gasteiger partial charge in [-0.2, -0.15) is 0 Å². The molecule has 236 valence electrons. The van der Waals surface area contributed by atoms with Gasteiger partial charge in [-0.05, 0) is 81.7 Å². The van der Waals surface area contributed by atoms with E-state index in [1.807, 2.05) is 85.8 Å². The van der Waals surface area contributed by atoms with Gasteiger partial charge in [0, 0.05) is 12.5 Å². The fourth-order valence-corrected chi connectivity index (χ4v) is 6.28. The lowest BCUT2D eigenvalue weighted by Crippen LogP contribution is -2.56. The molecule has 2 heterocycles. The van der Waals surface area contributed by atoms with Crippen molar-refractivity contribution < 1.29 is 14.4 Å². The van der Waals surface area contributed by atoms with Gasteiger partial charge in [-0.15, -0.1) is 0 Å². The average molecular weight is 600 g/mol. The van der Waals surface area contributed by atoms with Crippen LogP contribution in [0, 0.1) is 5.92 Å². The van der Waals surface area contributed by atoms with Gasteiger partial charge in [0.1, 0.15) is 12.1 Å². The molecular weight excluding hydrogens is 550 g/mol.